The first-order valence-corrected chi connectivity index (χ1v) is 8.80. The van der Waals surface area contributed by atoms with Crippen LogP contribution in [0.2, 0.25) is 0 Å². The first-order chi connectivity index (χ1) is 12.3. The van der Waals surface area contributed by atoms with Crippen LogP contribution in [0.5, 0.6) is 0 Å². The van der Waals surface area contributed by atoms with E-state index in [0.717, 1.165) is 12.1 Å². The normalized spacial score (nSPS) is 23.9. The minimum Gasteiger partial charge on any atom is -0.444 e. The summed E-state index contributed by atoms with van der Waals surface area (Å²) in [5, 5.41) is 9.00. The van der Waals surface area contributed by atoms with Gasteiger partial charge in [-0.05, 0) is 38.5 Å². The minimum atomic E-state index is -0.518. The molecule has 1 amide bonds. The molecule has 0 bridgehead atoms. The summed E-state index contributed by atoms with van der Waals surface area (Å²) in [5.41, 5.74) is 0.322. The van der Waals surface area contributed by atoms with Crippen molar-refractivity contribution >= 4 is 6.09 Å². The lowest BCUT2D eigenvalue weighted by Crippen LogP contribution is -2.60. The van der Waals surface area contributed by atoms with Gasteiger partial charge in [-0.2, -0.15) is 5.26 Å². The molecule has 6 nitrogen and oxygen atoms in total. The number of nitriles is 1. The second-order valence-electron chi connectivity index (χ2n) is 7.75. The Bertz CT molecular complexity index is 726. The third kappa shape index (κ3) is 4.14. The lowest BCUT2D eigenvalue weighted by atomic mass is 10.0. The third-order valence-electron chi connectivity index (χ3n) is 4.63. The number of amides is 1. The first-order valence-electron chi connectivity index (χ1n) is 8.80. The summed E-state index contributed by atoms with van der Waals surface area (Å²) in [6, 6.07) is 6.51. The van der Waals surface area contributed by atoms with Crippen LogP contribution in [0.15, 0.2) is 18.2 Å². The van der Waals surface area contributed by atoms with E-state index in [1.165, 1.54) is 6.07 Å². The van der Waals surface area contributed by atoms with Crippen molar-refractivity contribution in [3.05, 3.63) is 35.1 Å². The molecule has 0 N–H and O–H groups in total. The van der Waals surface area contributed by atoms with Crippen molar-refractivity contribution in [2.45, 2.75) is 38.5 Å². The lowest BCUT2D eigenvalue weighted by Gasteiger charge is -2.46. The zero-order valence-corrected chi connectivity index (χ0v) is 15.4. The maximum atomic E-state index is 13.5. The van der Waals surface area contributed by atoms with Gasteiger partial charge in [-0.25, -0.2) is 9.18 Å². The number of piperazine rings is 1. The number of hydrogen-bond acceptors (Lipinski definition) is 5. The summed E-state index contributed by atoms with van der Waals surface area (Å²) in [6.07, 6.45) is -0.497. The summed E-state index contributed by atoms with van der Waals surface area (Å²) in [7, 11) is 0. The van der Waals surface area contributed by atoms with E-state index in [4.69, 9.17) is 14.7 Å². The van der Waals surface area contributed by atoms with Crippen molar-refractivity contribution in [1.29, 1.82) is 5.26 Å². The molecule has 2 aliphatic rings. The molecule has 2 heterocycles. The average molecular weight is 361 g/mol. The first kappa shape index (κ1) is 18.6. The highest BCUT2D eigenvalue weighted by molar-refractivity contribution is 5.68. The van der Waals surface area contributed by atoms with Gasteiger partial charge in [0.25, 0.3) is 0 Å². The molecule has 3 rings (SSSR count). The van der Waals surface area contributed by atoms with Gasteiger partial charge in [0, 0.05) is 26.2 Å². The highest BCUT2D eigenvalue weighted by Gasteiger charge is 2.36. The number of halogens is 1. The number of fused-ring (bicyclic) bond motifs is 1. The fraction of sp³-hybridized carbons (Fsp3) is 0.579. The molecule has 7 heteroatoms. The SMILES string of the molecule is CC(C)(C)OC(=O)N1CCN2C[C@H](c3ccc(F)c(C#N)c3)OC[C@@H]2C1. The van der Waals surface area contributed by atoms with Crippen LogP contribution in [0.4, 0.5) is 9.18 Å². The zero-order valence-electron chi connectivity index (χ0n) is 15.4. The number of ether oxygens (including phenoxy) is 2. The predicted octanol–water partition coefficient (Wildman–Crippen LogP) is 2.69. The van der Waals surface area contributed by atoms with Crippen molar-refractivity contribution in [2.24, 2.45) is 0 Å². The van der Waals surface area contributed by atoms with Gasteiger partial charge in [0.05, 0.1) is 24.3 Å². The van der Waals surface area contributed by atoms with Gasteiger partial charge < -0.3 is 14.4 Å². The van der Waals surface area contributed by atoms with E-state index in [2.05, 4.69) is 4.90 Å². The summed E-state index contributed by atoms with van der Waals surface area (Å²) in [6.45, 7) is 8.59. The maximum Gasteiger partial charge on any atom is 0.410 e. The number of carbonyl (C=O) groups excluding carboxylic acids is 1. The topological polar surface area (TPSA) is 65.8 Å². The summed E-state index contributed by atoms with van der Waals surface area (Å²) in [4.78, 5) is 16.3. The number of hydrogen-bond donors (Lipinski definition) is 0. The second-order valence-corrected chi connectivity index (χ2v) is 7.75. The van der Waals surface area contributed by atoms with E-state index in [0.29, 0.717) is 26.2 Å². The largest absolute Gasteiger partial charge is 0.444 e. The molecule has 0 spiro atoms. The molecule has 0 unspecified atom stereocenters. The van der Waals surface area contributed by atoms with Crippen LogP contribution in [-0.4, -0.2) is 60.3 Å². The van der Waals surface area contributed by atoms with Crippen LogP contribution in [0.3, 0.4) is 0 Å². The quantitative estimate of drug-likeness (QED) is 0.769. The van der Waals surface area contributed by atoms with Crippen LogP contribution in [-0.2, 0) is 9.47 Å². The summed E-state index contributed by atoms with van der Waals surface area (Å²) < 4.78 is 24.9. The van der Waals surface area contributed by atoms with Gasteiger partial charge >= 0.3 is 6.09 Å². The molecule has 0 aromatic heterocycles. The number of nitrogens with zero attached hydrogens (tertiary/aromatic N) is 3. The van der Waals surface area contributed by atoms with Crippen molar-refractivity contribution in [1.82, 2.24) is 9.80 Å². The lowest BCUT2D eigenvalue weighted by molar-refractivity contribution is -0.0906. The molecule has 26 heavy (non-hydrogen) atoms. The Kier molecular flexibility index (Phi) is 5.17. The summed E-state index contributed by atoms with van der Waals surface area (Å²) in [5.74, 6) is -0.518. The van der Waals surface area contributed by atoms with Crippen molar-refractivity contribution in [3.8, 4) is 6.07 Å². The Morgan fingerprint density at radius 2 is 2.12 bits per heavy atom. The highest BCUT2D eigenvalue weighted by atomic mass is 19.1. The van der Waals surface area contributed by atoms with Crippen molar-refractivity contribution < 1.29 is 18.7 Å². The van der Waals surface area contributed by atoms with Crippen LogP contribution in [0.25, 0.3) is 0 Å². The molecule has 2 aliphatic heterocycles. The fourth-order valence-corrected chi connectivity index (χ4v) is 3.31. The fourth-order valence-electron chi connectivity index (χ4n) is 3.31. The van der Waals surface area contributed by atoms with Crippen LogP contribution in [0.1, 0.15) is 38.0 Å². The number of carbonyl (C=O) groups is 1. The molecule has 1 aromatic carbocycles. The van der Waals surface area contributed by atoms with Crippen LogP contribution < -0.4 is 0 Å². The van der Waals surface area contributed by atoms with Crippen molar-refractivity contribution in [2.75, 3.05) is 32.8 Å². The van der Waals surface area contributed by atoms with Crippen LogP contribution >= 0.6 is 0 Å². The molecule has 0 radical (unpaired) electrons. The second kappa shape index (κ2) is 7.22. The molecule has 0 aliphatic carbocycles. The highest BCUT2D eigenvalue weighted by Crippen LogP contribution is 2.28. The number of morpholine rings is 1. The van der Waals surface area contributed by atoms with Gasteiger partial charge in [0.15, 0.2) is 0 Å². The zero-order chi connectivity index (χ0) is 18.9. The molecule has 2 atom stereocenters. The molecule has 2 fully saturated rings. The van der Waals surface area contributed by atoms with E-state index < -0.39 is 11.4 Å². The van der Waals surface area contributed by atoms with E-state index >= 15 is 0 Å². The van der Waals surface area contributed by atoms with Gasteiger partial charge in [0.2, 0.25) is 0 Å². The average Bonchev–Trinajstić information content (AvgIpc) is 2.59. The molecule has 1 aromatic rings. The van der Waals surface area contributed by atoms with Gasteiger partial charge in [-0.1, -0.05) is 6.07 Å². The van der Waals surface area contributed by atoms with Gasteiger partial charge in [-0.3, -0.25) is 4.90 Å². The molecule has 2 saturated heterocycles. The molecule has 140 valence electrons. The number of rotatable bonds is 1. The van der Waals surface area contributed by atoms with E-state index in [9.17, 15) is 9.18 Å². The van der Waals surface area contributed by atoms with E-state index in [1.54, 1.807) is 17.0 Å². The Morgan fingerprint density at radius 1 is 1.35 bits per heavy atom. The molecular weight excluding hydrogens is 337 g/mol. The minimum absolute atomic E-state index is 0.0305. The van der Waals surface area contributed by atoms with Gasteiger partial charge in [0.1, 0.15) is 17.5 Å². The summed E-state index contributed by atoms with van der Waals surface area (Å²) >= 11 is 0. The predicted molar refractivity (Wildman–Crippen MR) is 93.0 cm³/mol. The Labute approximate surface area is 153 Å². The Hall–Kier alpha value is -2.17. The van der Waals surface area contributed by atoms with Gasteiger partial charge in [-0.15, -0.1) is 0 Å². The van der Waals surface area contributed by atoms with E-state index in [-0.39, 0.29) is 23.8 Å². The molecule has 0 saturated carbocycles. The smallest absolute Gasteiger partial charge is 0.410 e. The standard InChI is InChI=1S/C19H24FN3O3/c1-19(2,3)26-18(24)23-7-6-22-11-17(25-12-15(22)10-23)13-4-5-16(20)14(8-13)9-21/h4-5,8,15,17H,6-7,10-12H2,1-3H3/t15-,17+/m0/s1. The van der Waals surface area contributed by atoms with Crippen LogP contribution in [0, 0.1) is 17.1 Å². The maximum absolute atomic E-state index is 13.5. The number of benzene rings is 1. The third-order valence-corrected chi connectivity index (χ3v) is 4.63. The van der Waals surface area contributed by atoms with Crippen molar-refractivity contribution in [3.63, 3.8) is 0 Å². The Balaban J connectivity index is 1.62. The van der Waals surface area contributed by atoms with E-state index in [1.807, 2.05) is 26.8 Å². The molecular formula is C19H24FN3O3. The Morgan fingerprint density at radius 3 is 2.81 bits per heavy atom. The monoisotopic (exact) mass is 361 g/mol.